The summed E-state index contributed by atoms with van der Waals surface area (Å²) in [4.78, 5) is 48.5. The predicted molar refractivity (Wildman–Crippen MR) is 103 cm³/mol. The van der Waals surface area contributed by atoms with Crippen LogP contribution in [0.4, 0.5) is 9.59 Å². The van der Waals surface area contributed by atoms with Crippen molar-refractivity contribution in [3.63, 3.8) is 0 Å². The van der Waals surface area contributed by atoms with Crippen molar-refractivity contribution in [1.82, 2.24) is 0 Å². The molecule has 0 radical (unpaired) electrons. The Labute approximate surface area is 173 Å². The molecule has 2 amide bonds. The minimum Gasteiger partial charge on any atom is -0.420 e. The van der Waals surface area contributed by atoms with Crippen molar-refractivity contribution in [3.8, 4) is 0 Å². The first-order valence-corrected chi connectivity index (χ1v) is 9.40. The van der Waals surface area contributed by atoms with Crippen LogP contribution in [0.2, 0.25) is 0 Å². The fraction of sp³-hybridized carbons (Fsp3) is 0.500. The molecule has 0 aromatic carbocycles. The van der Waals surface area contributed by atoms with Gasteiger partial charge in [0.15, 0.2) is 22.7 Å². The third-order valence-electron chi connectivity index (χ3n) is 4.74. The van der Waals surface area contributed by atoms with E-state index in [0.717, 1.165) is 0 Å². The molecule has 0 bridgehead atoms. The van der Waals surface area contributed by atoms with Crippen LogP contribution in [-0.4, -0.2) is 35.3 Å². The Hall–Kier alpha value is -3.30. The van der Waals surface area contributed by atoms with Crippen LogP contribution >= 0.6 is 0 Å². The maximum Gasteiger partial charge on any atom is 0.514 e. The molecule has 0 saturated carbocycles. The standard InChI is InChI=1S/C20H26N2O8/c1-7-9(13-19(3,4)29-17(25)27-13)11(15(21)23)12(16(22)24)10(8-2)14-20(5,6)30-18(26)28-14/h7-8H2,1-6H3,(H2,21,23)(H2,22,24)/b12-11+,13-9-,14-10-. The average Bonchev–Trinajstić information content (AvgIpc) is 3.02. The van der Waals surface area contributed by atoms with E-state index < -0.39 is 35.3 Å². The minimum atomic E-state index is -1.20. The molecule has 10 nitrogen and oxygen atoms in total. The molecular weight excluding hydrogens is 396 g/mol. The van der Waals surface area contributed by atoms with Crippen LogP contribution < -0.4 is 11.5 Å². The second kappa shape index (κ2) is 7.85. The first-order chi connectivity index (χ1) is 13.8. The Kier molecular flexibility index (Phi) is 6.01. The summed E-state index contributed by atoms with van der Waals surface area (Å²) in [6.45, 7) is 9.66. The zero-order chi connectivity index (χ0) is 23.0. The normalized spacial score (nSPS) is 23.5. The Morgan fingerprint density at radius 2 is 1.03 bits per heavy atom. The molecule has 0 atom stereocenters. The third-order valence-corrected chi connectivity index (χ3v) is 4.74. The van der Waals surface area contributed by atoms with Gasteiger partial charge in [-0.2, -0.15) is 0 Å². The van der Waals surface area contributed by atoms with Crippen LogP contribution in [0, 0.1) is 0 Å². The Balaban J connectivity index is 2.96. The minimum absolute atomic E-state index is 0.0435. The molecular formula is C20H26N2O8. The highest BCUT2D eigenvalue weighted by Crippen LogP contribution is 2.40. The molecule has 2 aliphatic rings. The molecule has 2 heterocycles. The van der Waals surface area contributed by atoms with Gasteiger partial charge in [-0.1, -0.05) is 13.8 Å². The molecule has 0 aromatic heterocycles. The van der Waals surface area contributed by atoms with E-state index in [1.165, 1.54) is 0 Å². The molecule has 0 aromatic rings. The van der Waals surface area contributed by atoms with Crippen LogP contribution in [-0.2, 0) is 28.5 Å². The Morgan fingerprint density at radius 3 is 1.20 bits per heavy atom. The van der Waals surface area contributed by atoms with Crippen molar-refractivity contribution in [1.29, 1.82) is 0 Å². The van der Waals surface area contributed by atoms with Gasteiger partial charge in [-0.15, -0.1) is 0 Å². The molecule has 2 aliphatic heterocycles. The van der Waals surface area contributed by atoms with Crippen molar-refractivity contribution in [3.05, 3.63) is 33.8 Å². The second-order valence-electron chi connectivity index (χ2n) is 7.73. The zero-order valence-corrected chi connectivity index (χ0v) is 17.8. The molecule has 2 fully saturated rings. The highest BCUT2D eigenvalue weighted by Gasteiger charge is 2.45. The summed E-state index contributed by atoms with van der Waals surface area (Å²) in [5, 5.41) is 0. The molecule has 30 heavy (non-hydrogen) atoms. The van der Waals surface area contributed by atoms with Gasteiger partial charge in [0, 0.05) is 11.1 Å². The third kappa shape index (κ3) is 4.03. The van der Waals surface area contributed by atoms with Gasteiger partial charge in [0.25, 0.3) is 0 Å². The molecule has 2 rings (SSSR count). The predicted octanol–water partition coefficient (Wildman–Crippen LogP) is 2.47. The lowest BCUT2D eigenvalue weighted by Gasteiger charge is -2.23. The summed E-state index contributed by atoms with van der Waals surface area (Å²) in [7, 11) is 0. The van der Waals surface area contributed by atoms with E-state index in [2.05, 4.69) is 0 Å². The summed E-state index contributed by atoms with van der Waals surface area (Å²) in [6, 6.07) is 0. The molecule has 0 aliphatic carbocycles. The number of hydrogen-bond donors (Lipinski definition) is 2. The number of carbonyl (C=O) groups excluding carboxylic acids is 4. The highest BCUT2D eigenvalue weighted by atomic mass is 16.8. The van der Waals surface area contributed by atoms with Gasteiger partial charge in [0.05, 0.1) is 11.1 Å². The maximum atomic E-state index is 12.5. The molecule has 164 valence electrons. The summed E-state index contributed by atoms with van der Waals surface area (Å²) in [6.07, 6.45) is -1.56. The summed E-state index contributed by atoms with van der Waals surface area (Å²) >= 11 is 0. The quantitative estimate of drug-likeness (QED) is 0.488. The van der Waals surface area contributed by atoms with Crippen molar-refractivity contribution >= 4 is 24.1 Å². The van der Waals surface area contributed by atoms with E-state index in [-0.39, 0.29) is 46.7 Å². The van der Waals surface area contributed by atoms with Crippen molar-refractivity contribution in [2.75, 3.05) is 0 Å². The monoisotopic (exact) mass is 422 g/mol. The highest BCUT2D eigenvalue weighted by molar-refractivity contribution is 6.09. The zero-order valence-electron chi connectivity index (χ0n) is 17.8. The summed E-state index contributed by atoms with van der Waals surface area (Å²) in [5.41, 5.74) is 8.77. The molecule has 0 spiro atoms. The van der Waals surface area contributed by atoms with Crippen LogP contribution in [0.3, 0.4) is 0 Å². The van der Waals surface area contributed by atoms with Gasteiger partial charge in [-0.3, -0.25) is 9.59 Å². The van der Waals surface area contributed by atoms with Gasteiger partial charge in [-0.05, 0) is 40.5 Å². The van der Waals surface area contributed by atoms with Crippen LogP contribution in [0.5, 0.6) is 0 Å². The first kappa shape index (κ1) is 23.0. The van der Waals surface area contributed by atoms with E-state index in [1.807, 2.05) is 0 Å². The molecule has 2 saturated heterocycles. The SMILES string of the molecule is CCC(=C1/OC(=O)OC1(C)C)/C(C(N)=O)=C(C(N)=O)/C(CC)=C1\OC(=O)OC1(C)C. The van der Waals surface area contributed by atoms with E-state index >= 15 is 0 Å². The smallest absolute Gasteiger partial charge is 0.420 e. The lowest BCUT2D eigenvalue weighted by molar-refractivity contribution is -0.117. The summed E-state index contributed by atoms with van der Waals surface area (Å²) in [5.74, 6) is -1.85. The van der Waals surface area contributed by atoms with Crippen LogP contribution in [0.25, 0.3) is 0 Å². The number of cyclic esters (lactones) is 4. The largest absolute Gasteiger partial charge is 0.514 e. The second-order valence-corrected chi connectivity index (χ2v) is 7.73. The lowest BCUT2D eigenvalue weighted by atomic mass is 9.85. The molecule has 0 unspecified atom stereocenters. The Bertz CT molecular complexity index is 847. The van der Waals surface area contributed by atoms with Crippen LogP contribution in [0.1, 0.15) is 54.4 Å². The van der Waals surface area contributed by atoms with Crippen molar-refractivity contribution in [2.45, 2.75) is 65.6 Å². The number of hydrogen-bond acceptors (Lipinski definition) is 8. The fourth-order valence-electron chi connectivity index (χ4n) is 3.56. The van der Waals surface area contributed by atoms with Gasteiger partial charge in [-0.25, -0.2) is 9.59 Å². The van der Waals surface area contributed by atoms with E-state index in [0.29, 0.717) is 0 Å². The average molecular weight is 422 g/mol. The van der Waals surface area contributed by atoms with Gasteiger partial charge in [0.1, 0.15) is 0 Å². The van der Waals surface area contributed by atoms with Crippen LogP contribution in [0.15, 0.2) is 33.8 Å². The number of amides is 2. The maximum absolute atomic E-state index is 12.5. The number of primary amides is 2. The van der Waals surface area contributed by atoms with E-state index in [1.54, 1.807) is 41.5 Å². The van der Waals surface area contributed by atoms with Gasteiger partial charge < -0.3 is 30.4 Å². The topological polar surface area (TPSA) is 157 Å². The summed E-state index contributed by atoms with van der Waals surface area (Å²) < 4.78 is 20.6. The first-order valence-electron chi connectivity index (χ1n) is 9.40. The van der Waals surface area contributed by atoms with Gasteiger partial charge >= 0.3 is 12.3 Å². The van der Waals surface area contributed by atoms with Gasteiger partial charge in [0.2, 0.25) is 11.8 Å². The number of ether oxygens (including phenoxy) is 4. The number of carbonyl (C=O) groups is 4. The molecule has 4 N–H and O–H groups in total. The lowest BCUT2D eigenvalue weighted by Crippen LogP contribution is -2.30. The van der Waals surface area contributed by atoms with E-state index in [9.17, 15) is 19.2 Å². The Morgan fingerprint density at radius 1 is 0.733 bits per heavy atom. The fourth-order valence-corrected chi connectivity index (χ4v) is 3.56. The number of rotatable bonds is 6. The van der Waals surface area contributed by atoms with E-state index in [4.69, 9.17) is 30.4 Å². The molecule has 10 heteroatoms. The van der Waals surface area contributed by atoms with Crippen molar-refractivity contribution < 1.29 is 38.1 Å². The van der Waals surface area contributed by atoms with Crippen molar-refractivity contribution in [2.24, 2.45) is 11.5 Å². The number of nitrogens with two attached hydrogens (primary N) is 2.